The molecular weight excluding hydrogens is 318 g/mol. The van der Waals surface area contributed by atoms with Gasteiger partial charge in [-0.05, 0) is 33.1 Å². The zero-order chi connectivity index (χ0) is 17.0. The summed E-state index contributed by atoms with van der Waals surface area (Å²) in [6.45, 7) is 7.11. The first-order valence-corrected chi connectivity index (χ1v) is 9.40. The quantitative estimate of drug-likeness (QED) is 0.738. The topological polar surface area (TPSA) is 107 Å². The largest absolute Gasteiger partial charge is 0.338 e. The van der Waals surface area contributed by atoms with E-state index in [-0.39, 0.29) is 17.0 Å². The molecule has 1 aromatic heterocycles. The van der Waals surface area contributed by atoms with Gasteiger partial charge in [-0.3, -0.25) is 5.10 Å². The van der Waals surface area contributed by atoms with E-state index in [9.17, 15) is 13.2 Å². The fraction of sp³-hybridized carbons (Fsp3) is 0.714. The van der Waals surface area contributed by atoms with Crippen LogP contribution in [0, 0.1) is 13.8 Å². The minimum Gasteiger partial charge on any atom is -0.338 e. The predicted molar refractivity (Wildman–Crippen MR) is 86.7 cm³/mol. The molecule has 3 N–H and O–H groups in total. The highest BCUT2D eigenvalue weighted by Crippen LogP contribution is 2.19. The number of carbonyl (C=O) groups excluding carboxylic acids is 1. The summed E-state index contributed by atoms with van der Waals surface area (Å²) in [6.07, 6.45) is 2.11. The van der Waals surface area contributed by atoms with Gasteiger partial charge in [0.25, 0.3) is 0 Å². The number of sulfonamides is 1. The third-order valence-electron chi connectivity index (χ3n) is 3.96. The minimum atomic E-state index is -3.59. The van der Waals surface area contributed by atoms with Gasteiger partial charge in [0.2, 0.25) is 10.0 Å². The van der Waals surface area contributed by atoms with Crippen molar-refractivity contribution in [2.75, 3.05) is 19.6 Å². The summed E-state index contributed by atoms with van der Waals surface area (Å²) in [5, 5.41) is 9.46. The molecule has 1 aromatic rings. The number of aromatic nitrogens is 2. The Morgan fingerprint density at radius 3 is 2.52 bits per heavy atom. The van der Waals surface area contributed by atoms with E-state index in [1.807, 2.05) is 6.92 Å². The van der Waals surface area contributed by atoms with Crippen molar-refractivity contribution in [3.8, 4) is 0 Å². The molecular formula is C14H25N5O3S. The van der Waals surface area contributed by atoms with Crippen LogP contribution in [-0.2, 0) is 10.0 Å². The van der Waals surface area contributed by atoms with Crippen LogP contribution in [0.5, 0.6) is 0 Å². The molecule has 0 saturated carbocycles. The van der Waals surface area contributed by atoms with Crippen LogP contribution in [0.2, 0.25) is 0 Å². The van der Waals surface area contributed by atoms with Crippen molar-refractivity contribution in [1.29, 1.82) is 0 Å². The molecule has 1 fully saturated rings. The molecule has 1 saturated heterocycles. The van der Waals surface area contributed by atoms with E-state index in [4.69, 9.17) is 0 Å². The van der Waals surface area contributed by atoms with Crippen LogP contribution in [0.15, 0.2) is 4.90 Å². The third-order valence-corrected chi connectivity index (χ3v) is 5.74. The van der Waals surface area contributed by atoms with Gasteiger partial charge < -0.3 is 10.2 Å². The Morgan fingerprint density at radius 1 is 1.35 bits per heavy atom. The Labute approximate surface area is 137 Å². The summed E-state index contributed by atoms with van der Waals surface area (Å²) in [6, 6.07) is -0.237. The van der Waals surface area contributed by atoms with Crippen LogP contribution in [0.4, 0.5) is 4.79 Å². The maximum absolute atomic E-state index is 12.5. The average Bonchev–Trinajstić information content (AvgIpc) is 2.85. The van der Waals surface area contributed by atoms with E-state index in [1.54, 1.807) is 18.7 Å². The maximum atomic E-state index is 12.5. The third kappa shape index (κ3) is 4.23. The molecule has 23 heavy (non-hydrogen) atoms. The summed E-state index contributed by atoms with van der Waals surface area (Å²) >= 11 is 0. The number of hydrogen-bond donors (Lipinski definition) is 3. The molecule has 2 amide bonds. The molecule has 8 nitrogen and oxygen atoms in total. The molecule has 0 aliphatic carbocycles. The highest BCUT2D eigenvalue weighted by Gasteiger charge is 2.29. The van der Waals surface area contributed by atoms with Gasteiger partial charge in [-0.15, -0.1) is 0 Å². The van der Waals surface area contributed by atoms with E-state index in [0.717, 1.165) is 6.42 Å². The lowest BCUT2D eigenvalue weighted by atomic mass is 10.1. The molecule has 1 aliphatic heterocycles. The fourth-order valence-electron chi connectivity index (χ4n) is 2.76. The number of hydrogen-bond acceptors (Lipinski definition) is 4. The summed E-state index contributed by atoms with van der Waals surface area (Å²) in [4.78, 5) is 13.8. The zero-order valence-electron chi connectivity index (χ0n) is 13.8. The van der Waals surface area contributed by atoms with Crippen molar-refractivity contribution in [3.05, 3.63) is 11.4 Å². The Balaban J connectivity index is 1.93. The zero-order valence-corrected chi connectivity index (χ0v) is 14.7. The first-order valence-electron chi connectivity index (χ1n) is 7.91. The van der Waals surface area contributed by atoms with Crippen LogP contribution in [0.25, 0.3) is 0 Å². The highest BCUT2D eigenvalue weighted by atomic mass is 32.2. The smallest absolute Gasteiger partial charge is 0.317 e. The van der Waals surface area contributed by atoms with E-state index in [2.05, 4.69) is 20.2 Å². The Morgan fingerprint density at radius 2 is 2.00 bits per heavy atom. The molecule has 1 aliphatic rings. The number of rotatable bonds is 5. The standard InChI is InChI=1S/C14H25N5O3S/c1-4-7-15-14(20)19-8-5-12(6-9-19)18-23(21,22)13-10(2)16-17-11(13)3/h12,18H,4-9H2,1-3H3,(H,15,20)(H,16,17). The summed E-state index contributed by atoms with van der Waals surface area (Å²) in [5.41, 5.74) is 0.998. The van der Waals surface area contributed by atoms with E-state index in [0.29, 0.717) is 43.9 Å². The minimum absolute atomic E-state index is 0.0744. The molecule has 0 atom stereocenters. The normalized spacial score (nSPS) is 16.6. The van der Waals surface area contributed by atoms with Gasteiger partial charge >= 0.3 is 6.03 Å². The van der Waals surface area contributed by atoms with Gasteiger partial charge in [-0.2, -0.15) is 5.10 Å². The lowest BCUT2D eigenvalue weighted by molar-refractivity contribution is 0.180. The first kappa shape index (κ1) is 17.7. The van der Waals surface area contributed by atoms with Crippen molar-refractivity contribution in [1.82, 2.24) is 25.1 Å². The summed E-state index contributed by atoms with van der Waals surface area (Å²) in [5.74, 6) is 0. The van der Waals surface area contributed by atoms with Gasteiger partial charge in [0, 0.05) is 25.7 Å². The van der Waals surface area contributed by atoms with E-state index >= 15 is 0 Å². The fourth-order valence-corrected chi connectivity index (χ4v) is 4.43. The van der Waals surface area contributed by atoms with Gasteiger partial charge in [-0.25, -0.2) is 17.9 Å². The number of likely N-dealkylation sites (tertiary alicyclic amines) is 1. The Hall–Kier alpha value is -1.61. The molecule has 130 valence electrons. The number of carbonyl (C=O) groups is 1. The van der Waals surface area contributed by atoms with Crippen LogP contribution >= 0.6 is 0 Å². The number of nitrogens with one attached hydrogen (secondary N) is 3. The Bertz CT molecular complexity index is 628. The highest BCUT2D eigenvalue weighted by molar-refractivity contribution is 7.89. The summed E-state index contributed by atoms with van der Waals surface area (Å²) in [7, 11) is -3.59. The first-order chi connectivity index (χ1) is 10.8. The lowest BCUT2D eigenvalue weighted by Gasteiger charge is -2.32. The van der Waals surface area contributed by atoms with Crippen molar-refractivity contribution in [2.24, 2.45) is 0 Å². The molecule has 9 heteroatoms. The van der Waals surface area contributed by atoms with Crippen LogP contribution in [0.1, 0.15) is 37.6 Å². The monoisotopic (exact) mass is 343 g/mol. The number of amides is 2. The van der Waals surface area contributed by atoms with Crippen molar-refractivity contribution < 1.29 is 13.2 Å². The van der Waals surface area contributed by atoms with E-state index in [1.165, 1.54) is 0 Å². The van der Waals surface area contributed by atoms with Crippen LogP contribution < -0.4 is 10.0 Å². The van der Waals surface area contributed by atoms with Gasteiger partial charge in [0.05, 0.1) is 11.4 Å². The molecule has 0 bridgehead atoms. The SMILES string of the molecule is CCCNC(=O)N1CCC(NS(=O)(=O)c2c(C)n[nH]c2C)CC1. The molecule has 0 aromatic carbocycles. The molecule has 2 rings (SSSR count). The second-order valence-electron chi connectivity index (χ2n) is 5.88. The number of aromatic amines is 1. The van der Waals surface area contributed by atoms with Crippen LogP contribution in [0.3, 0.4) is 0 Å². The van der Waals surface area contributed by atoms with Crippen molar-refractivity contribution >= 4 is 16.1 Å². The molecule has 0 spiro atoms. The molecule has 0 radical (unpaired) electrons. The van der Waals surface area contributed by atoms with Gasteiger partial charge in [0.1, 0.15) is 4.90 Å². The van der Waals surface area contributed by atoms with Crippen LogP contribution in [-0.4, -0.2) is 55.2 Å². The number of nitrogens with zero attached hydrogens (tertiary/aromatic N) is 2. The lowest BCUT2D eigenvalue weighted by Crippen LogP contribution is -2.49. The second-order valence-corrected chi connectivity index (χ2v) is 7.53. The molecule has 2 heterocycles. The average molecular weight is 343 g/mol. The van der Waals surface area contributed by atoms with Crippen molar-refractivity contribution in [3.63, 3.8) is 0 Å². The summed E-state index contributed by atoms with van der Waals surface area (Å²) < 4.78 is 27.7. The second kappa shape index (κ2) is 7.31. The number of aryl methyl sites for hydroxylation is 2. The molecule has 0 unspecified atom stereocenters. The maximum Gasteiger partial charge on any atom is 0.317 e. The number of piperidine rings is 1. The number of H-pyrrole nitrogens is 1. The number of urea groups is 1. The Kier molecular flexibility index (Phi) is 5.64. The van der Waals surface area contributed by atoms with E-state index < -0.39 is 10.0 Å². The van der Waals surface area contributed by atoms with Crippen molar-refractivity contribution in [2.45, 2.75) is 51.0 Å². The predicted octanol–water partition coefficient (Wildman–Crippen LogP) is 0.889. The van der Waals surface area contributed by atoms with Gasteiger partial charge in [-0.1, -0.05) is 6.92 Å². The van der Waals surface area contributed by atoms with Gasteiger partial charge in [0.15, 0.2) is 0 Å².